The van der Waals surface area contributed by atoms with Gasteiger partial charge >= 0.3 is 0 Å². The summed E-state index contributed by atoms with van der Waals surface area (Å²) in [6.45, 7) is 0. The summed E-state index contributed by atoms with van der Waals surface area (Å²) in [4.78, 5) is 15.3. The number of oxazole rings is 1. The van der Waals surface area contributed by atoms with E-state index in [0.717, 1.165) is 5.52 Å². The molecule has 5 heteroatoms. The second kappa shape index (κ2) is 3.47. The van der Waals surface area contributed by atoms with E-state index >= 15 is 0 Å². The highest BCUT2D eigenvalue weighted by molar-refractivity contribution is 5.96. The summed E-state index contributed by atoms with van der Waals surface area (Å²) in [5, 5.41) is 0. The average Bonchev–Trinajstić information content (AvgIpc) is 2.64. The van der Waals surface area contributed by atoms with Crippen LogP contribution in [0.3, 0.4) is 0 Å². The van der Waals surface area contributed by atoms with Crippen LogP contribution < -0.4 is 10.9 Å². The van der Waals surface area contributed by atoms with Gasteiger partial charge < -0.3 is 4.42 Å². The van der Waals surface area contributed by atoms with Gasteiger partial charge in [0.15, 0.2) is 12.0 Å². The summed E-state index contributed by atoms with van der Waals surface area (Å²) < 4.78 is 5.08. The number of fused-ring (bicyclic) bond motifs is 1. The number of nitrogens with one attached hydrogen (secondary N) is 2. The molecule has 72 valence electrons. The normalized spacial score (nSPS) is 10.4. The van der Waals surface area contributed by atoms with Crippen LogP contribution in [0.1, 0.15) is 10.4 Å². The van der Waals surface area contributed by atoms with Crippen molar-refractivity contribution in [3.05, 3.63) is 30.2 Å². The molecule has 1 aromatic heterocycles. The summed E-state index contributed by atoms with van der Waals surface area (Å²) in [6.07, 6.45) is 1.35. The Hall–Kier alpha value is -1.88. The van der Waals surface area contributed by atoms with Crippen LogP contribution in [0.15, 0.2) is 29.0 Å². The molecule has 2 rings (SSSR count). The van der Waals surface area contributed by atoms with Gasteiger partial charge in [0.1, 0.15) is 5.52 Å². The molecule has 14 heavy (non-hydrogen) atoms. The largest absolute Gasteiger partial charge is 0.443 e. The summed E-state index contributed by atoms with van der Waals surface area (Å²) in [7, 11) is 1.63. The number of carbonyl (C=O) groups is 1. The van der Waals surface area contributed by atoms with Crippen LogP contribution in [0.4, 0.5) is 0 Å². The maximum atomic E-state index is 11.4. The van der Waals surface area contributed by atoms with Gasteiger partial charge in [-0.1, -0.05) is 0 Å². The molecule has 5 nitrogen and oxygen atoms in total. The van der Waals surface area contributed by atoms with Crippen molar-refractivity contribution in [1.82, 2.24) is 15.8 Å². The molecule has 0 bridgehead atoms. The van der Waals surface area contributed by atoms with Crippen LogP contribution in [0, 0.1) is 0 Å². The first kappa shape index (κ1) is 8.71. The molecule has 1 amide bonds. The number of rotatable bonds is 2. The lowest BCUT2D eigenvalue weighted by Crippen LogP contribution is -2.33. The van der Waals surface area contributed by atoms with E-state index in [4.69, 9.17) is 4.42 Å². The van der Waals surface area contributed by atoms with Crippen molar-refractivity contribution in [3.63, 3.8) is 0 Å². The van der Waals surface area contributed by atoms with Crippen molar-refractivity contribution >= 4 is 17.0 Å². The SMILES string of the molecule is CNNC(=O)c1ccc2ncoc2c1. The maximum absolute atomic E-state index is 11.4. The van der Waals surface area contributed by atoms with Gasteiger partial charge in [0.25, 0.3) is 5.91 Å². The number of hydrazine groups is 1. The molecular weight excluding hydrogens is 182 g/mol. The molecule has 0 unspecified atom stereocenters. The monoisotopic (exact) mass is 191 g/mol. The highest BCUT2D eigenvalue weighted by atomic mass is 16.3. The van der Waals surface area contributed by atoms with Crippen LogP contribution in [0.2, 0.25) is 0 Å². The molecular formula is C9H9N3O2. The maximum Gasteiger partial charge on any atom is 0.265 e. The second-order valence-corrected chi connectivity index (χ2v) is 2.74. The fourth-order valence-corrected chi connectivity index (χ4v) is 1.18. The van der Waals surface area contributed by atoms with E-state index in [1.807, 2.05) is 0 Å². The van der Waals surface area contributed by atoms with Crippen molar-refractivity contribution in [2.24, 2.45) is 0 Å². The summed E-state index contributed by atoms with van der Waals surface area (Å²) in [6, 6.07) is 5.08. The van der Waals surface area contributed by atoms with Gasteiger partial charge in [-0.2, -0.15) is 0 Å². The van der Waals surface area contributed by atoms with Gasteiger partial charge in [-0.05, 0) is 18.2 Å². The Morgan fingerprint density at radius 1 is 1.50 bits per heavy atom. The van der Waals surface area contributed by atoms with E-state index in [1.54, 1.807) is 25.2 Å². The van der Waals surface area contributed by atoms with E-state index in [-0.39, 0.29) is 5.91 Å². The third kappa shape index (κ3) is 1.45. The Morgan fingerprint density at radius 3 is 3.14 bits per heavy atom. The van der Waals surface area contributed by atoms with E-state index in [0.29, 0.717) is 11.1 Å². The molecule has 0 aliphatic carbocycles. The first-order valence-corrected chi connectivity index (χ1v) is 4.11. The standard InChI is InChI=1S/C9H9N3O2/c1-10-12-9(13)6-2-3-7-8(4-6)14-5-11-7/h2-5,10H,1H3,(H,12,13). The summed E-state index contributed by atoms with van der Waals surface area (Å²) >= 11 is 0. The van der Waals surface area contributed by atoms with E-state index in [1.165, 1.54) is 6.39 Å². The van der Waals surface area contributed by atoms with Gasteiger partial charge in [0.05, 0.1) is 0 Å². The number of hydrogen-bond donors (Lipinski definition) is 2. The lowest BCUT2D eigenvalue weighted by molar-refractivity contribution is 0.0938. The number of aromatic nitrogens is 1. The highest BCUT2D eigenvalue weighted by Gasteiger charge is 2.06. The Kier molecular flexibility index (Phi) is 2.16. The Morgan fingerprint density at radius 2 is 2.36 bits per heavy atom. The minimum absolute atomic E-state index is 0.203. The van der Waals surface area contributed by atoms with Crippen molar-refractivity contribution < 1.29 is 9.21 Å². The molecule has 0 saturated heterocycles. The van der Waals surface area contributed by atoms with Crippen molar-refractivity contribution in [1.29, 1.82) is 0 Å². The molecule has 1 aromatic carbocycles. The minimum Gasteiger partial charge on any atom is -0.443 e. The van der Waals surface area contributed by atoms with Crippen LogP contribution in [-0.2, 0) is 0 Å². The topological polar surface area (TPSA) is 67.2 Å². The number of benzene rings is 1. The van der Waals surface area contributed by atoms with Crippen molar-refractivity contribution in [2.45, 2.75) is 0 Å². The number of amides is 1. The number of hydrogen-bond acceptors (Lipinski definition) is 4. The second-order valence-electron chi connectivity index (χ2n) is 2.74. The Labute approximate surface area is 80.1 Å². The average molecular weight is 191 g/mol. The molecule has 0 radical (unpaired) electrons. The molecule has 2 N–H and O–H groups in total. The van der Waals surface area contributed by atoms with Gasteiger partial charge in [-0.25, -0.2) is 10.4 Å². The van der Waals surface area contributed by atoms with Gasteiger partial charge in [0, 0.05) is 12.6 Å². The fraction of sp³-hybridized carbons (Fsp3) is 0.111. The first-order valence-electron chi connectivity index (χ1n) is 4.11. The zero-order valence-electron chi connectivity index (χ0n) is 7.57. The third-order valence-corrected chi connectivity index (χ3v) is 1.83. The lowest BCUT2D eigenvalue weighted by atomic mass is 10.2. The molecule has 0 aliphatic rings. The quantitative estimate of drug-likeness (QED) is 0.685. The number of nitrogens with zero attached hydrogens (tertiary/aromatic N) is 1. The predicted octanol–water partition coefficient (Wildman–Crippen LogP) is 0.692. The lowest BCUT2D eigenvalue weighted by Gasteiger charge is -2.01. The zero-order chi connectivity index (χ0) is 9.97. The zero-order valence-corrected chi connectivity index (χ0v) is 7.57. The van der Waals surface area contributed by atoms with Crippen molar-refractivity contribution in [3.8, 4) is 0 Å². The van der Waals surface area contributed by atoms with E-state index in [9.17, 15) is 4.79 Å². The molecule has 1 heterocycles. The van der Waals surface area contributed by atoms with Crippen LogP contribution in [0.25, 0.3) is 11.1 Å². The Balaban J connectivity index is 2.38. The minimum atomic E-state index is -0.203. The van der Waals surface area contributed by atoms with Crippen molar-refractivity contribution in [2.75, 3.05) is 7.05 Å². The van der Waals surface area contributed by atoms with Crippen LogP contribution >= 0.6 is 0 Å². The smallest absolute Gasteiger partial charge is 0.265 e. The van der Waals surface area contributed by atoms with E-state index < -0.39 is 0 Å². The fourth-order valence-electron chi connectivity index (χ4n) is 1.18. The molecule has 0 saturated carbocycles. The van der Waals surface area contributed by atoms with E-state index in [2.05, 4.69) is 15.8 Å². The molecule has 2 aromatic rings. The molecule has 0 atom stereocenters. The molecule has 0 spiro atoms. The summed E-state index contributed by atoms with van der Waals surface area (Å²) in [5.41, 5.74) is 6.91. The predicted molar refractivity (Wildman–Crippen MR) is 50.5 cm³/mol. The van der Waals surface area contributed by atoms with Gasteiger partial charge in [-0.3, -0.25) is 10.2 Å². The van der Waals surface area contributed by atoms with Crippen LogP contribution in [-0.4, -0.2) is 17.9 Å². The third-order valence-electron chi connectivity index (χ3n) is 1.83. The first-order chi connectivity index (χ1) is 6.81. The van der Waals surface area contributed by atoms with Crippen LogP contribution in [0.5, 0.6) is 0 Å². The highest BCUT2D eigenvalue weighted by Crippen LogP contribution is 2.13. The summed E-state index contributed by atoms with van der Waals surface area (Å²) in [5.74, 6) is -0.203. The van der Waals surface area contributed by atoms with Gasteiger partial charge in [-0.15, -0.1) is 0 Å². The Bertz CT molecular complexity index is 464. The van der Waals surface area contributed by atoms with Gasteiger partial charge in [0.2, 0.25) is 0 Å². The number of carbonyl (C=O) groups excluding carboxylic acids is 1. The molecule has 0 aliphatic heterocycles. The molecule has 0 fully saturated rings.